The predicted octanol–water partition coefficient (Wildman–Crippen LogP) is 0.603. The van der Waals surface area contributed by atoms with Crippen molar-refractivity contribution in [1.82, 2.24) is 15.2 Å². The number of amides is 1. The van der Waals surface area contributed by atoms with Gasteiger partial charge in [0.15, 0.2) is 0 Å². The molecule has 0 aliphatic carbocycles. The lowest BCUT2D eigenvalue weighted by atomic mass is 10.0. The molecular weight excluding hydrogens is 264 g/mol. The first-order chi connectivity index (χ1) is 9.24. The van der Waals surface area contributed by atoms with Crippen LogP contribution in [0.25, 0.3) is 0 Å². The molecule has 0 bridgehead atoms. The van der Waals surface area contributed by atoms with Crippen LogP contribution in [0.5, 0.6) is 0 Å². The summed E-state index contributed by atoms with van der Waals surface area (Å²) in [6, 6.07) is 3.77. The summed E-state index contributed by atoms with van der Waals surface area (Å²) in [7, 11) is 0. The normalized spacial score (nSPS) is 20.3. The molecular formula is C13H17ClN4O. The molecule has 2 aliphatic heterocycles. The minimum absolute atomic E-state index is 0.195. The smallest absolute Gasteiger partial charge is 0.228 e. The Morgan fingerprint density at radius 2 is 2.00 bits per heavy atom. The van der Waals surface area contributed by atoms with Gasteiger partial charge in [0.2, 0.25) is 5.91 Å². The number of anilines is 1. The number of halogens is 1. The van der Waals surface area contributed by atoms with Gasteiger partial charge in [-0.15, -0.1) is 0 Å². The van der Waals surface area contributed by atoms with E-state index >= 15 is 0 Å². The van der Waals surface area contributed by atoms with Crippen LogP contribution in [-0.4, -0.2) is 55.1 Å². The van der Waals surface area contributed by atoms with Gasteiger partial charge in [0.05, 0.1) is 10.9 Å². The Morgan fingerprint density at radius 3 is 2.53 bits per heavy atom. The summed E-state index contributed by atoms with van der Waals surface area (Å²) in [5, 5.41) is 3.79. The number of hydrogen-bond acceptors (Lipinski definition) is 4. The Balaban J connectivity index is 1.56. The van der Waals surface area contributed by atoms with E-state index in [0.29, 0.717) is 10.9 Å². The molecule has 0 unspecified atom stereocenters. The first kappa shape index (κ1) is 12.7. The van der Waals surface area contributed by atoms with Crippen LogP contribution >= 0.6 is 11.6 Å². The van der Waals surface area contributed by atoms with E-state index in [1.165, 1.54) is 0 Å². The summed E-state index contributed by atoms with van der Waals surface area (Å²) in [4.78, 5) is 20.6. The molecule has 0 saturated carbocycles. The van der Waals surface area contributed by atoms with Crippen LogP contribution in [0.15, 0.2) is 18.3 Å². The third-order valence-corrected chi connectivity index (χ3v) is 3.98. The Hall–Kier alpha value is -1.33. The SMILES string of the molecule is O=C(C1CNC1)N1CCN(c2ccc(Cl)cn2)CC1. The van der Waals surface area contributed by atoms with Crippen molar-refractivity contribution in [2.75, 3.05) is 44.2 Å². The van der Waals surface area contributed by atoms with Gasteiger partial charge in [-0.2, -0.15) is 0 Å². The fourth-order valence-electron chi connectivity index (χ4n) is 2.43. The van der Waals surface area contributed by atoms with Gasteiger partial charge in [-0.1, -0.05) is 11.6 Å². The van der Waals surface area contributed by atoms with Crippen LogP contribution in [0.3, 0.4) is 0 Å². The summed E-state index contributed by atoms with van der Waals surface area (Å²) < 4.78 is 0. The highest BCUT2D eigenvalue weighted by Gasteiger charge is 2.31. The van der Waals surface area contributed by atoms with Gasteiger partial charge < -0.3 is 15.1 Å². The van der Waals surface area contributed by atoms with Gasteiger partial charge in [-0.25, -0.2) is 4.98 Å². The fourth-order valence-corrected chi connectivity index (χ4v) is 2.54. The molecule has 2 aliphatic rings. The van der Waals surface area contributed by atoms with Crippen molar-refractivity contribution in [2.24, 2.45) is 5.92 Å². The van der Waals surface area contributed by atoms with E-state index in [-0.39, 0.29) is 5.92 Å². The summed E-state index contributed by atoms with van der Waals surface area (Å²) in [5.74, 6) is 1.42. The van der Waals surface area contributed by atoms with E-state index in [2.05, 4.69) is 15.2 Å². The molecule has 2 saturated heterocycles. The number of nitrogens with one attached hydrogen (secondary N) is 1. The van der Waals surface area contributed by atoms with Crippen LogP contribution in [0, 0.1) is 5.92 Å². The summed E-state index contributed by atoms with van der Waals surface area (Å²) in [5.41, 5.74) is 0. The molecule has 0 spiro atoms. The maximum Gasteiger partial charge on any atom is 0.228 e. The monoisotopic (exact) mass is 280 g/mol. The van der Waals surface area contributed by atoms with E-state index < -0.39 is 0 Å². The standard InChI is InChI=1S/C13H17ClN4O/c14-11-1-2-12(16-9-11)17-3-5-18(6-4-17)13(19)10-7-15-8-10/h1-2,9-10,15H,3-8H2. The van der Waals surface area contributed by atoms with Gasteiger partial charge in [0, 0.05) is 45.5 Å². The first-order valence-corrected chi connectivity index (χ1v) is 6.98. The van der Waals surface area contributed by atoms with Crippen LogP contribution in [0.4, 0.5) is 5.82 Å². The molecule has 102 valence electrons. The Bertz CT molecular complexity index is 452. The summed E-state index contributed by atoms with van der Waals surface area (Å²) in [6.07, 6.45) is 1.66. The topological polar surface area (TPSA) is 48.5 Å². The Morgan fingerprint density at radius 1 is 1.26 bits per heavy atom. The third-order valence-electron chi connectivity index (χ3n) is 3.76. The van der Waals surface area contributed by atoms with Crippen LogP contribution in [0.2, 0.25) is 5.02 Å². The summed E-state index contributed by atoms with van der Waals surface area (Å²) in [6.45, 7) is 4.88. The largest absolute Gasteiger partial charge is 0.353 e. The Kier molecular flexibility index (Phi) is 3.57. The average molecular weight is 281 g/mol. The first-order valence-electron chi connectivity index (χ1n) is 6.60. The molecule has 3 heterocycles. The van der Waals surface area contributed by atoms with Crippen LogP contribution in [0.1, 0.15) is 0 Å². The minimum atomic E-state index is 0.195. The molecule has 1 aromatic heterocycles. The lowest BCUT2D eigenvalue weighted by Crippen LogP contribution is -2.56. The van der Waals surface area contributed by atoms with E-state index in [0.717, 1.165) is 45.1 Å². The predicted molar refractivity (Wildman–Crippen MR) is 74.4 cm³/mol. The summed E-state index contributed by atoms with van der Waals surface area (Å²) >= 11 is 5.83. The quantitative estimate of drug-likeness (QED) is 0.862. The molecule has 0 aromatic carbocycles. The van der Waals surface area contributed by atoms with Crippen molar-refractivity contribution < 1.29 is 4.79 Å². The second-order valence-corrected chi connectivity index (χ2v) is 5.44. The van der Waals surface area contributed by atoms with Crippen molar-refractivity contribution >= 4 is 23.3 Å². The second kappa shape index (κ2) is 5.35. The van der Waals surface area contributed by atoms with E-state index in [4.69, 9.17) is 11.6 Å². The molecule has 2 fully saturated rings. The van der Waals surface area contributed by atoms with Gasteiger partial charge in [0.25, 0.3) is 0 Å². The number of aromatic nitrogens is 1. The highest BCUT2D eigenvalue weighted by Crippen LogP contribution is 2.17. The molecule has 5 nitrogen and oxygen atoms in total. The Labute approximate surface area is 117 Å². The van der Waals surface area contributed by atoms with E-state index in [9.17, 15) is 4.79 Å². The van der Waals surface area contributed by atoms with Crippen molar-refractivity contribution in [2.45, 2.75) is 0 Å². The van der Waals surface area contributed by atoms with Gasteiger partial charge in [0.1, 0.15) is 5.82 Å². The lowest BCUT2D eigenvalue weighted by molar-refractivity contribution is -0.137. The van der Waals surface area contributed by atoms with E-state index in [1.54, 1.807) is 6.20 Å². The highest BCUT2D eigenvalue weighted by molar-refractivity contribution is 6.30. The van der Waals surface area contributed by atoms with Crippen LogP contribution in [-0.2, 0) is 4.79 Å². The maximum atomic E-state index is 12.1. The number of nitrogens with zero attached hydrogens (tertiary/aromatic N) is 3. The number of hydrogen-bond donors (Lipinski definition) is 1. The third kappa shape index (κ3) is 2.67. The van der Waals surface area contributed by atoms with Crippen LogP contribution < -0.4 is 10.2 Å². The van der Waals surface area contributed by atoms with Gasteiger partial charge in [-0.05, 0) is 12.1 Å². The number of carbonyl (C=O) groups excluding carboxylic acids is 1. The number of piperazine rings is 1. The molecule has 0 atom stereocenters. The molecule has 0 radical (unpaired) electrons. The lowest BCUT2D eigenvalue weighted by Gasteiger charge is -2.38. The van der Waals surface area contributed by atoms with Crippen molar-refractivity contribution in [3.8, 4) is 0 Å². The zero-order chi connectivity index (χ0) is 13.2. The molecule has 1 aromatic rings. The zero-order valence-corrected chi connectivity index (χ0v) is 11.4. The molecule has 6 heteroatoms. The van der Waals surface area contributed by atoms with Gasteiger partial charge in [-0.3, -0.25) is 4.79 Å². The van der Waals surface area contributed by atoms with Crippen molar-refractivity contribution in [3.05, 3.63) is 23.4 Å². The number of rotatable bonds is 2. The minimum Gasteiger partial charge on any atom is -0.353 e. The molecule has 1 N–H and O–H groups in total. The van der Waals surface area contributed by atoms with Crippen molar-refractivity contribution in [3.63, 3.8) is 0 Å². The average Bonchev–Trinajstić information content (AvgIpc) is 2.38. The number of carbonyl (C=O) groups is 1. The second-order valence-electron chi connectivity index (χ2n) is 5.00. The maximum absolute atomic E-state index is 12.1. The highest BCUT2D eigenvalue weighted by atomic mass is 35.5. The zero-order valence-electron chi connectivity index (χ0n) is 10.7. The van der Waals surface area contributed by atoms with Gasteiger partial charge >= 0.3 is 0 Å². The number of pyridine rings is 1. The van der Waals surface area contributed by atoms with E-state index in [1.807, 2.05) is 17.0 Å². The van der Waals surface area contributed by atoms with Crippen molar-refractivity contribution in [1.29, 1.82) is 0 Å². The molecule has 19 heavy (non-hydrogen) atoms. The fraction of sp³-hybridized carbons (Fsp3) is 0.538. The molecule has 1 amide bonds. The molecule has 3 rings (SSSR count).